The third kappa shape index (κ3) is 2.98. The first kappa shape index (κ1) is 12.1. The first-order chi connectivity index (χ1) is 7.06. The van der Waals surface area contributed by atoms with E-state index in [9.17, 15) is 9.59 Å². The molecule has 84 valence electrons. The minimum atomic E-state index is -0.172. The molecule has 0 radical (unpaired) electrons. The topological polar surface area (TPSA) is 46.6 Å². The van der Waals surface area contributed by atoms with Gasteiger partial charge in [0.1, 0.15) is 0 Å². The Bertz CT molecular complexity index is 257. The van der Waals surface area contributed by atoms with Crippen molar-refractivity contribution in [3.05, 3.63) is 0 Å². The molecule has 0 saturated carbocycles. The summed E-state index contributed by atoms with van der Waals surface area (Å²) in [7, 11) is 3.24. The van der Waals surface area contributed by atoms with Crippen LogP contribution in [-0.4, -0.2) is 37.8 Å². The van der Waals surface area contributed by atoms with Crippen molar-refractivity contribution in [2.45, 2.75) is 38.6 Å². The normalized spacial score (nSPS) is 25.7. The molecule has 0 spiro atoms. The van der Waals surface area contributed by atoms with E-state index in [1.165, 1.54) is 7.11 Å². The van der Waals surface area contributed by atoms with Gasteiger partial charge in [0, 0.05) is 18.9 Å². The van der Waals surface area contributed by atoms with Gasteiger partial charge in [-0.3, -0.25) is 9.59 Å². The number of amides is 1. The van der Waals surface area contributed by atoms with Crippen LogP contribution >= 0.6 is 0 Å². The Morgan fingerprint density at radius 2 is 2.33 bits per heavy atom. The molecule has 0 aromatic rings. The summed E-state index contributed by atoms with van der Waals surface area (Å²) < 4.78 is 4.57. The van der Waals surface area contributed by atoms with Gasteiger partial charge in [0.05, 0.1) is 7.11 Å². The third-order valence-electron chi connectivity index (χ3n) is 3.15. The molecule has 1 heterocycles. The molecule has 1 fully saturated rings. The quantitative estimate of drug-likeness (QED) is 0.490. The third-order valence-corrected chi connectivity index (χ3v) is 3.15. The number of rotatable bonds is 4. The molecule has 0 N–H and O–H groups in total. The van der Waals surface area contributed by atoms with E-state index in [0.29, 0.717) is 24.8 Å². The number of nitrogens with zero attached hydrogens (tertiary/aromatic N) is 1. The molecule has 1 saturated heterocycles. The second kappa shape index (κ2) is 5.19. The van der Waals surface area contributed by atoms with Gasteiger partial charge in [-0.1, -0.05) is 6.92 Å². The highest BCUT2D eigenvalue weighted by Gasteiger charge is 2.33. The molecule has 0 aliphatic carbocycles. The lowest BCUT2D eigenvalue weighted by molar-refractivity contribution is -0.140. The van der Waals surface area contributed by atoms with Crippen LogP contribution in [0.15, 0.2) is 0 Å². The number of ether oxygens (including phenoxy) is 1. The van der Waals surface area contributed by atoms with E-state index in [2.05, 4.69) is 11.7 Å². The van der Waals surface area contributed by atoms with Crippen LogP contribution in [0.5, 0.6) is 0 Å². The molecule has 1 rings (SSSR count). The highest BCUT2D eigenvalue weighted by Crippen LogP contribution is 2.26. The van der Waals surface area contributed by atoms with Crippen molar-refractivity contribution < 1.29 is 14.3 Å². The fraction of sp³-hybridized carbons (Fsp3) is 0.800. The van der Waals surface area contributed by atoms with Gasteiger partial charge in [0.15, 0.2) is 0 Å². The fourth-order valence-corrected chi connectivity index (χ4v) is 2.16. The van der Waals surface area contributed by atoms with Gasteiger partial charge < -0.3 is 9.55 Å². The number of hydrogen-bond acceptors (Lipinski definition) is 3. The maximum Gasteiger partial charge on any atom is 0.305 e. The molecule has 15 heavy (non-hydrogen) atoms. The molecule has 1 aliphatic heterocycles. The Kier molecular flexibility index (Phi) is 4.18. The van der Waals surface area contributed by atoms with Gasteiger partial charge >= 0.3 is 5.97 Å². The van der Waals surface area contributed by atoms with E-state index < -0.39 is 0 Å². The maximum atomic E-state index is 11.4. The molecule has 4 nitrogen and oxygen atoms in total. The van der Waals surface area contributed by atoms with E-state index in [-0.39, 0.29) is 11.9 Å². The molecule has 2 unspecified atom stereocenters. The molecule has 1 amide bonds. The second-order valence-corrected chi connectivity index (χ2v) is 4.22. The highest BCUT2D eigenvalue weighted by atomic mass is 16.5. The van der Waals surface area contributed by atoms with Crippen molar-refractivity contribution in [2.75, 3.05) is 7.11 Å². The van der Waals surface area contributed by atoms with Gasteiger partial charge in [-0.2, -0.15) is 0 Å². The Labute approximate surface area is 91.4 Å². The number of esters is 1. The summed E-state index contributed by atoms with van der Waals surface area (Å²) in [6.07, 6.45) is 2.76. The van der Waals surface area contributed by atoms with E-state index >= 15 is 0 Å². The van der Waals surface area contributed by atoms with E-state index in [0.717, 1.165) is 12.8 Å². The van der Waals surface area contributed by atoms with Crippen LogP contribution in [0.3, 0.4) is 0 Å². The summed E-state index contributed by atoms with van der Waals surface area (Å²) in [5.41, 5.74) is 0. The molecule has 0 bridgehead atoms. The highest BCUT2D eigenvalue weighted by molar-refractivity contribution is 6.15. The Balaban J connectivity index is 2.32. The minimum absolute atomic E-state index is 0.172. The summed E-state index contributed by atoms with van der Waals surface area (Å²) in [5.74, 6) is 0.445. The number of carbonyl (C=O) groups is 2. The Hall–Kier alpha value is -0.995. The maximum absolute atomic E-state index is 11.4. The van der Waals surface area contributed by atoms with Gasteiger partial charge in [-0.05, 0) is 18.8 Å². The van der Waals surface area contributed by atoms with E-state index in [1.54, 1.807) is 0 Å². The number of methoxy groups -OCH3 is 1. The molecule has 5 heteroatoms. The van der Waals surface area contributed by atoms with Crippen molar-refractivity contribution in [3.8, 4) is 0 Å². The van der Waals surface area contributed by atoms with Crippen LogP contribution in [0.25, 0.3) is 0 Å². The van der Waals surface area contributed by atoms with Crippen molar-refractivity contribution in [1.82, 2.24) is 4.81 Å². The standard InChI is InChI=1S/C10H18BNO3/c1-7-6-9(13)12(11)8(7)4-3-5-10(14)15-2/h7-8H,3-6,11H2,1-2H3. The lowest BCUT2D eigenvalue weighted by Gasteiger charge is -2.23. The van der Waals surface area contributed by atoms with Crippen LogP contribution in [0.1, 0.15) is 32.6 Å². The van der Waals surface area contributed by atoms with Crippen LogP contribution < -0.4 is 0 Å². The molecular formula is C10H18BNO3. The van der Waals surface area contributed by atoms with Gasteiger partial charge in [-0.15, -0.1) is 0 Å². The zero-order chi connectivity index (χ0) is 11.4. The summed E-state index contributed by atoms with van der Waals surface area (Å²) in [4.78, 5) is 24.1. The monoisotopic (exact) mass is 211 g/mol. The summed E-state index contributed by atoms with van der Waals surface area (Å²) >= 11 is 0. The second-order valence-electron chi connectivity index (χ2n) is 4.22. The Morgan fingerprint density at radius 3 is 2.80 bits per heavy atom. The van der Waals surface area contributed by atoms with Crippen molar-refractivity contribution in [3.63, 3.8) is 0 Å². The fourth-order valence-electron chi connectivity index (χ4n) is 2.16. The van der Waals surface area contributed by atoms with Crippen LogP contribution in [-0.2, 0) is 14.3 Å². The molecule has 1 aliphatic rings. The zero-order valence-electron chi connectivity index (χ0n) is 9.66. The number of hydrogen-bond donors (Lipinski definition) is 0. The lowest BCUT2D eigenvalue weighted by Crippen LogP contribution is -2.32. The van der Waals surface area contributed by atoms with Crippen molar-refractivity contribution in [1.29, 1.82) is 0 Å². The van der Waals surface area contributed by atoms with Crippen LogP contribution in [0, 0.1) is 5.92 Å². The van der Waals surface area contributed by atoms with E-state index in [4.69, 9.17) is 0 Å². The minimum Gasteiger partial charge on any atom is -0.469 e. The van der Waals surface area contributed by atoms with E-state index in [1.807, 2.05) is 12.8 Å². The average Bonchev–Trinajstić information content (AvgIpc) is 2.44. The SMILES string of the molecule is BN1C(=O)CC(C)C1CCCC(=O)OC. The van der Waals surface area contributed by atoms with Gasteiger partial charge in [0.2, 0.25) is 13.9 Å². The molecule has 2 atom stereocenters. The van der Waals surface area contributed by atoms with Crippen LogP contribution in [0.4, 0.5) is 0 Å². The first-order valence-corrected chi connectivity index (χ1v) is 5.38. The largest absolute Gasteiger partial charge is 0.469 e. The molecule has 0 aromatic heterocycles. The van der Waals surface area contributed by atoms with Gasteiger partial charge in [-0.25, -0.2) is 0 Å². The summed E-state index contributed by atoms with van der Waals surface area (Å²) in [6, 6.07) is 0.294. The van der Waals surface area contributed by atoms with Crippen molar-refractivity contribution >= 4 is 19.9 Å². The lowest BCUT2D eigenvalue weighted by atomic mass is 9.96. The summed E-state index contributed by atoms with van der Waals surface area (Å²) in [5, 5.41) is 0. The predicted octanol–water partition coefficient (Wildman–Crippen LogP) is 0.115. The molecule has 0 aromatic carbocycles. The first-order valence-electron chi connectivity index (χ1n) is 5.38. The summed E-state index contributed by atoms with van der Waals surface area (Å²) in [6.45, 7) is 2.09. The Morgan fingerprint density at radius 1 is 1.67 bits per heavy atom. The van der Waals surface area contributed by atoms with Gasteiger partial charge in [0.25, 0.3) is 0 Å². The van der Waals surface area contributed by atoms with Crippen molar-refractivity contribution in [2.24, 2.45) is 5.92 Å². The van der Waals surface area contributed by atoms with Crippen LogP contribution in [0.2, 0.25) is 0 Å². The number of carbonyl (C=O) groups excluding carboxylic acids is 2. The smallest absolute Gasteiger partial charge is 0.305 e. The zero-order valence-corrected chi connectivity index (χ0v) is 9.66. The average molecular weight is 211 g/mol. The molecular weight excluding hydrogens is 193 g/mol. The predicted molar refractivity (Wildman–Crippen MR) is 58.8 cm³/mol.